The Morgan fingerprint density at radius 1 is 1.40 bits per heavy atom. The molecule has 0 aliphatic rings. The van der Waals surface area contributed by atoms with Crippen LogP contribution in [0.5, 0.6) is 0 Å². The van der Waals surface area contributed by atoms with E-state index in [-0.39, 0.29) is 11.5 Å². The van der Waals surface area contributed by atoms with Gasteiger partial charge in [0.25, 0.3) is 5.91 Å². The summed E-state index contributed by atoms with van der Waals surface area (Å²) in [5, 5.41) is 5.84. The highest BCUT2D eigenvalue weighted by Crippen LogP contribution is 2.30. The lowest BCUT2D eigenvalue weighted by molar-refractivity contribution is -0.143. The molecular weight excluding hydrogens is 275 g/mol. The summed E-state index contributed by atoms with van der Waals surface area (Å²) in [6.07, 6.45) is -3.15. The van der Waals surface area contributed by atoms with Crippen LogP contribution in [0.4, 0.5) is 19.0 Å². The van der Waals surface area contributed by atoms with Gasteiger partial charge in [0.2, 0.25) is 0 Å². The van der Waals surface area contributed by atoms with Crippen molar-refractivity contribution in [2.75, 3.05) is 5.32 Å². The van der Waals surface area contributed by atoms with Crippen molar-refractivity contribution in [3.05, 3.63) is 35.5 Å². The molecule has 1 N–H and O–H groups in total. The quantitative estimate of drug-likeness (QED) is 0.913. The van der Waals surface area contributed by atoms with Crippen LogP contribution in [0.2, 0.25) is 0 Å². The molecule has 6 nitrogen and oxygen atoms in total. The van der Waals surface area contributed by atoms with Crippen LogP contribution in [0.1, 0.15) is 22.0 Å². The van der Waals surface area contributed by atoms with E-state index in [1.54, 1.807) is 6.92 Å². The molecule has 2 heterocycles. The van der Waals surface area contributed by atoms with Gasteiger partial charge < -0.3 is 5.32 Å². The number of alkyl halides is 3. The highest BCUT2D eigenvalue weighted by molar-refractivity contribution is 6.02. The molecule has 0 atom stereocenters. The molecule has 1 amide bonds. The lowest BCUT2D eigenvalue weighted by Gasteiger charge is -2.04. The van der Waals surface area contributed by atoms with Gasteiger partial charge in [-0.3, -0.25) is 9.48 Å². The number of rotatable bonds is 2. The van der Waals surface area contributed by atoms with E-state index < -0.39 is 17.8 Å². The minimum atomic E-state index is -4.53. The average molecular weight is 285 g/mol. The van der Waals surface area contributed by atoms with Crippen molar-refractivity contribution < 1.29 is 18.0 Å². The van der Waals surface area contributed by atoms with Gasteiger partial charge in [0, 0.05) is 19.3 Å². The van der Waals surface area contributed by atoms with Gasteiger partial charge in [-0.2, -0.15) is 18.3 Å². The normalized spacial score (nSPS) is 11.4. The van der Waals surface area contributed by atoms with Crippen LogP contribution in [-0.2, 0) is 13.2 Å². The number of anilines is 1. The van der Waals surface area contributed by atoms with Gasteiger partial charge in [0.1, 0.15) is 17.2 Å². The third-order valence-electron chi connectivity index (χ3n) is 2.42. The summed E-state index contributed by atoms with van der Waals surface area (Å²) >= 11 is 0. The molecule has 2 aromatic rings. The molecule has 2 aromatic heterocycles. The predicted molar refractivity (Wildman–Crippen MR) is 62.9 cm³/mol. The van der Waals surface area contributed by atoms with Crippen molar-refractivity contribution in [2.45, 2.75) is 13.1 Å². The molecule has 20 heavy (non-hydrogen) atoms. The highest BCUT2D eigenvalue weighted by atomic mass is 19.4. The van der Waals surface area contributed by atoms with Gasteiger partial charge >= 0.3 is 6.18 Å². The highest BCUT2D eigenvalue weighted by Gasteiger charge is 2.35. The summed E-state index contributed by atoms with van der Waals surface area (Å²) < 4.78 is 38.4. The molecule has 2 rings (SSSR count). The van der Waals surface area contributed by atoms with E-state index in [0.717, 1.165) is 13.1 Å². The Kier molecular flexibility index (Phi) is 3.43. The zero-order valence-corrected chi connectivity index (χ0v) is 10.6. The molecule has 0 radical (unpaired) electrons. The fourth-order valence-electron chi connectivity index (χ4n) is 1.56. The summed E-state index contributed by atoms with van der Waals surface area (Å²) in [6, 6.07) is 2.11. The first-order valence-corrected chi connectivity index (χ1v) is 5.49. The molecule has 0 aliphatic heterocycles. The SMILES string of the molecule is Cc1nccc(C(=O)Nc2cc(C(F)(F)F)n(C)n2)n1. The van der Waals surface area contributed by atoms with Crippen LogP contribution in [-0.4, -0.2) is 25.7 Å². The van der Waals surface area contributed by atoms with E-state index >= 15 is 0 Å². The first kappa shape index (κ1) is 14.0. The van der Waals surface area contributed by atoms with Crippen LogP contribution < -0.4 is 5.32 Å². The Morgan fingerprint density at radius 3 is 2.65 bits per heavy atom. The van der Waals surface area contributed by atoms with Gasteiger partial charge in [-0.25, -0.2) is 9.97 Å². The second kappa shape index (κ2) is 4.91. The molecule has 0 bridgehead atoms. The molecule has 0 aliphatic carbocycles. The Hall–Kier alpha value is -2.45. The van der Waals surface area contributed by atoms with Gasteiger partial charge in [-0.15, -0.1) is 0 Å². The Morgan fingerprint density at radius 2 is 2.10 bits per heavy atom. The number of nitrogens with zero attached hydrogens (tertiary/aromatic N) is 4. The average Bonchev–Trinajstić information content (AvgIpc) is 2.70. The maximum absolute atomic E-state index is 12.6. The van der Waals surface area contributed by atoms with Crippen molar-refractivity contribution in [1.29, 1.82) is 0 Å². The van der Waals surface area contributed by atoms with E-state index in [0.29, 0.717) is 10.5 Å². The molecular formula is C11H10F3N5O. The van der Waals surface area contributed by atoms with E-state index in [4.69, 9.17) is 0 Å². The topological polar surface area (TPSA) is 72.7 Å². The lowest BCUT2D eigenvalue weighted by atomic mass is 10.3. The zero-order valence-electron chi connectivity index (χ0n) is 10.6. The molecule has 0 saturated carbocycles. The minimum absolute atomic E-state index is 0.0525. The Labute approximate surface area is 111 Å². The molecule has 0 spiro atoms. The fourth-order valence-corrected chi connectivity index (χ4v) is 1.56. The standard InChI is InChI=1S/C11H10F3N5O/c1-6-15-4-3-7(16-6)10(20)17-9-5-8(11(12,13)14)19(2)18-9/h3-5H,1-2H3,(H,17,18,20). The van der Waals surface area contributed by atoms with Crippen LogP contribution in [0.25, 0.3) is 0 Å². The summed E-state index contributed by atoms with van der Waals surface area (Å²) in [6.45, 7) is 1.60. The number of nitrogens with one attached hydrogen (secondary N) is 1. The summed E-state index contributed by atoms with van der Waals surface area (Å²) in [4.78, 5) is 19.5. The summed E-state index contributed by atoms with van der Waals surface area (Å²) in [5.74, 6) is -0.460. The minimum Gasteiger partial charge on any atom is -0.304 e. The predicted octanol–water partition coefficient (Wildman–Crippen LogP) is 1.79. The van der Waals surface area contributed by atoms with Crippen molar-refractivity contribution in [1.82, 2.24) is 19.7 Å². The largest absolute Gasteiger partial charge is 0.433 e. The molecule has 106 valence electrons. The molecule has 0 saturated heterocycles. The van der Waals surface area contributed by atoms with Gasteiger partial charge in [-0.05, 0) is 13.0 Å². The maximum atomic E-state index is 12.6. The molecule has 0 aromatic carbocycles. The maximum Gasteiger partial charge on any atom is 0.433 e. The van der Waals surface area contributed by atoms with E-state index in [2.05, 4.69) is 20.4 Å². The number of carbonyl (C=O) groups is 1. The zero-order chi connectivity index (χ0) is 14.9. The van der Waals surface area contributed by atoms with Crippen LogP contribution in [0, 0.1) is 6.92 Å². The number of aromatic nitrogens is 4. The van der Waals surface area contributed by atoms with Crippen LogP contribution >= 0.6 is 0 Å². The van der Waals surface area contributed by atoms with Crippen molar-refractivity contribution in [3.8, 4) is 0 Å². The first-order chi connectivity index (χ1) is 9.27. The fraction of sp³-hybridized carbons (Fsp3) is 0.273. The third-order valence-corrected chi connectivity index (χ3v) is 2.42. The van der Waals surface area contributed by atoms with Crippen molar-refractivity contribution in [3.63, 3.8) is 0 Å². The summed E-state index contributed by atoms with van der Waals surface area (Å²) in [5.41, 5.74) is -0.900. The molecule has 0 fully saturated rings. The van der Waals surface area contributed by atoms with E-state index in [9.17, 15) is 18.0 Å². The Bertz CT molecular complexity index is 650. The summed E-state index contributed by atoms with van der Waals surface area (Å²) in [7, 11) is 1.15. The van der Waals surface area contributed by atoms with Crippen molar-refractivity contribution >= 4 is 11.7 Å². The van der Waals surface area contributed by atoms with E-state index in [1.807, 2.05) is 0 Å². The van der Waals surface area contributed by atoms with Gasteiger partial charge in [0.05, 0.1) is 0 Å². The monoisotopic (exact) mass is 285 g/mol. The number of hydrogen-bond acceptors (Lipinski definition) is 4. The van der Waals surface area contributed by atoms with E-state index in [1.165, 1.54) is 12.3 Å². The number of halogens is 3. The second-order valence-corrected chi connectivity index (χ2v) is 3.98. The number of carbonyl (C=O) groups excluding carboxylic acids is 1. The van der Waals surface area contributed by atoms with Crippen LogP contribution in [0.15, 0.2) is 18.3 Å². The lowest BCUT2D eigenvalue weighted by Crippen LogP contribution is -2.15. The molecule has 0 unspecified atom stereocenters. The second-order valence-electron chi connectivity index (χ2n) is 3.98. The van der Waals surface area contributed by atoms with Crippen LogP contribution in [0.3, 0.4) is 0 Å². The smallest absolute Gasteiger partial charge is 0.304 e. The van der Waals surface area contributed by atoms with Crippen molar-refractivity contribution in [2.24, 2.45) is 7.05 Å². The molecule has 9 heteroatoms. The number of hydrogen-bond donors (Lipinski definition) is 1. The number of amides is 1. The Balaban J connectivity index is 2.21. The van der Waals surface area contributed by atoms with Gasteiger partial charge in [0.15, 0.2) is 5.82 Å². The first-order valence-electron chi connectivity index (χ1n) is 5.49. The third kappa shape index (κ3) is 2.92. The van der Waals surface area contributed by atoms with Gasteiger partial charge in [-0.1, -0.05) is 0 Å². The number of aryl methyl sites for hydroxylation is 2.